The number of fused-ring (bicyclic) bond motifs is 12. The second kappa shape index (κ2) is 15.5. The quantitative estimate of drug-likeness (QED) is 0.173. The molecule has 11 aromatic carbocycles. The van der Waals surface area contributed by atoms with Gasteiger partial charge in [0.1, 0.15) is 22.3 Å². The van der Waals surface area contributed by atoms with Crippen LogP contribution in [0.5, 0.6) is 0 Å². The molecule has 0 radical (unpaired) electrons. The van der Waals surface area contributed by atoms with Gasteiger partial charge in [-0.2, -0.15) is 0 Å². The number of aromatic nitrogens is 2. The van der Waals surface area contributed by atoms with Gasteiger partial charge in [-0.1, -0.05) is 133 Å². The third-order valence-electron chi connectivity index (χ3n) is 14.5. The predicted molar refractivity (Wildman–Crippen MR) is 296 cm³/mol. The number of para-hydroxylation sites is 5. The molecule has 0 aliphatic carbocycles. The molecule has 0 aliphatic rings. The molecular formula is C66H41N3O2. The van der Waals surface area contributed by atoms with E-state index in [1.54, 1.807) is 0 Å². The minimum atomic E-state index is 0.846. The number of furan rings is 2. The van der Waals surface area contributed by atoms with Gasteiger partial charge in [0.15, 0.2) is 0 Å². The Bertz CT molecular complexity index is 4560. The van der Waals surface area contributed by atoms with E-state index in [1.165, 1.54) is 38.1 Å². The summed E-state index contributed by atoms with van der Waals surface area (Å²) < 4.78 is 18.0. The molecule has 4 heterocycles. The lowest BCUT2D eigenvalue weighted by Gasteiger charge is -2.14. The summed E-state index contributed by atoms with van der Waals surface area (Å²) in [5.74, 6) is 0. The minimum Gasteiger partial charge on any atom is -0.456 e. The molecule has 332 valence electrons. The zero-order valence-electron chi connectivity index (χ0n) is 38.3. The number of hydrogen-bond donors (Lipinski definition) is 1. The molecule has 5 nitrogen and oxygen atoms in total. The van der Waals surface area contributed by atoms with Crippen LogP contribution in [0.3, 0.4) is 0 Å². The number of anilines is 2. The highest BCUT2D eigenvalue weighted by Gasteiger charge is 2.21. The normalized spacial score (nSPS) is 11.9. The van der Waals surface area contributed by atoms with Crippen molar-refractivity contribution in [3.63, 3.8) is 0 Å². The van der Waals surface area contributed by atoms with Crippen molar-refractivity contribution >= 4 is 98.9 Å². The van der Waals surface area contributed by atoms with Crippen LogP contribution in [0.1, 0.15) is 0 Å². The van der Waals surface area contributed by atoms with E-state index >= 15 is 0 Å². The summed E-state index contributed by atoms with van der Waals surface area (Å²) in [6.07, 6.45) is 0. The largest absolute Gasteiger partial charge is 0.456 e. The lowest BCUT2D eigenvalue weighted by molar-refractivity contribution is 0.668. The van der Waals surface area contributed by atoms with Crippen LogP contribution < -0.4 is 5.32 Å². The molecule has 0 aliphatic heterocycles. The first-order chi connectivity index (χ1) is 35.2. The summed E-state index contributed by atoms with van der Waals surface area (Å²) >= 11 is 0. The average Bonchev–Trinajstić information content (AvgIpc) is 4.18. The van der Waals surface area contributed by atoms with Crippen LogP contribution in [-0.2, 0) is 0 Å². The van der Waals surface area contributed by atoms with E-state index in [2.05, 4.69) is 257 Å². The average molecular weight is 908 g/mol. The van der Waals surface area contributed by atoms with Gasteiger partial charge in [0.05, 0.1) is 22.1 Å². The number of rotatable bonds is 7. The molecule has 5 heteroatoms. The fourth-order valence-electron chi connectivity index (χ4n) is 11.3. The van der Waals surface area contributed by atoms with E-state index in [4.69, 9.17) is 8.83 Å². The maximum atomic E-state index is 6.62. The molecule has 0 saturated heterocycles. The van der Waals surface area contributed by atoms with Gasteiger partial charge in [-0.05, 0) is 137 Å². The second-order valence-electron chi connectivity index (χ2n) is 18.5. The molecule has 0 saturated carbocycles. The fraction of sp³-hybridized carbons (Fsp3) is 0. The Hall–Kier alpha value is -9.58. The maximum absolute atomic E-state index is 6.62. The first-order valence-corrected chi connectivity index (χ1v) is 24.1. The van der Waals surface area contributed by atoms with Gasteiger partial charge in [0.2, 0.25) is 0 Å². The molecule has 15 rings (SSSR count). The summed E-state index contributed by atoms with van der Waals surface area (Å²) in [5, 5.41) is 12.9. The van der Waals surface area contributed by atoms with Crippen LogP contribution in [-0.4, -0.2) is 9.13 Å². The standard InChI is InChI=1S/C66H41N3O2/c1-3-15-41(16-4-1)47-19-7-11-23-58(47)67-44-29-33-65-56(37-44)54-35-42(27-31-63(54)70-65)51-39-53-50-22-10-14-26-61(50)68(45-17-5-2-6-18-45)62(53)40-52(51)43-28-32-64-55(36-43)57-38-46(30-34-66(57)71-64)69-59-24-12-8-20-48(59)49-21-9-13-25-60(49)69/h1-40,67H. The van der Waals surface area contributed by atoms with E-state index in [0.29, 0.717) is 0 Å². The van der Waals surface area contributed by atoms with Gasteiger partial charge in [-0.3, -0.25) is 0 Å². The fourth-order valence-corrected chi connectivity index (χ4v) is 11.3. The van der Waals surface area contributed by atoms with Crippen molar-refractivity contribution in [2.24, 2.45) is 0 Å². The topological polar surface area (TPSA) is 48.2 Å². The van der Waals surface area contributed by atoms with Crippen molar-refractivity contribution in [2.75, 3.05) is 5.32 Å². The van der Waals surface area contributed by atoms with Gasteiger partial charge in [0, 0.05) is 71.4 Å². The molecule has 0 spiro atoms. The molecule has 4 aromatic heterocycles. The molecule has 71 heavy (non-hydrogen) atoms. The lowest BCUT2D eigenvalue weighted by atomic mass is 9.91. The first kappa shape index (κ1) is 39.4. The van der Waals surface area contributed by atoms with Gasteiger partial charge in [-0.15, -0.1) is 0 Å². The first-order valence-electron chi connectivity index (χ1n) is 24.1. The number of hydrogen-bond acceptors (Lipinski definition) is 3. The van der Waals surface area contributed by atoms with E-state index in [9.17, 15) is 0 Å². The van der Waals surface area contributed by atoms with Crippen LogP contribution in [0, 0.1) is 0 Å². The Labute approximate surface area is 407 Å². The van der Waals surface area contributed by atoms with Crippen molar-refractivity contribution in [3.05, 3.63) is 243 Å². The van der Waals surface area contributed by atoms with Gasteiger partial charge in [0.25, 0.3) is 0 Å². The van der Waals surface area contributed by atoms with Crippen LogP contribution in [0.4, 0.5) is 11.4 Å². The minimum absolute atomic E-state index is 0.846. The Balaban J connectivity index is 0.933. The van der Waals surface area contributed by atoms with Crippen LogP contribution in [0.15, 0.2) is 251 Å². The van der Waals surface area contributed by atoms with Crippen molar-refractivity contribution < 1.29 is 8.83 Å². The van der Waals surface area contributed by atoms with Gasteiger partial charge in [-0.25, -0.2) is 0 Å². The van der Waals surface area contributed by atoms with Crippen LogP contribution in [0.2, 0.25) is 0 Å². The lowest BCUT2D eigenvalue weighted by Crippen LogP contribution is -1.94. The Morgan fingerprint density at radius 1 is 0.268 bits per heavy atom. The Morgan fingerprint density at radius 3 is 1.39 bits per heavy atom. The highest BCUT2D eigenvalue weighted by molar-refractivity contribution is 6.15. The highest BCUT2D eigenvalue weighted by Crippen LogP contribution is 2.45. The monoisotopic (exact) mass is 907 g/mol. The smallest absolute Gasteiger partial charge is 0.135 e. The van der Waals surface area contributed by atoms with E-state index in [0.717, 1.165) is 105 Å². The molecule has 0 fully saturated rings. The summed E-state index contributed by atoms with van der Waals surface area (Å²) in [4.78, 5) is 0. The summed E-state index contributed by atoms with van der Waals surface area (Å²) in [5.41, 5.74) is 19.1. The van der Waals surface area contributed by atoms with Crippen LogP contribution >= 0.6 is 0 Å². The Kier molecular flexibility index (Phi) is 8.59. The summed E-state index contributed by atoms with van der Waals surface area (Å²) in [6.45, 7) is 0. The molecular weight excluding hydrogens is 867 g/mol. The van der Waals surface area contributed by atoms with Crippen LogP contribution in [0.25, 0.3) is 132 Å². The zero-order valence-corrected chi connectivity index (χ0v) is 38.3. The maximum Gasteiger partial charge on any atom is 0.135 e. The number of nitrogens with one attached hydrogen (secondary N) is 1. The molecule has 15 aromatic rings. The molecule has 1 N–H and O–H groups in total. The zero-order chi connectivity index (χ0) is 46.6. The Morgan fingerprint density at radius 2 is 0.746 bits per heavy atom. The molecule has 0 atom stereocenters. The van der Waals surface area contributed by atoms with E-state index in [-0.39, 0.29) is 0 Å². The van der Waals surface area contributed by atoms with Gasteiger partial charge >= 0.3 is 0 Å². The molecule has 0 unspecified atom stereocenters. The number of benzene rings is 11. The molecule has 0 bridgehead atoms. The number of nitrogens with zero attached hydrogens (tertiary/aromatic N) is 2. The molecule has 0 amide bonds. The van der Waals surface area contributed by atoms with E-state index in [1.807, 2.05) is 0 Å². The summed E-state index contributed by atoms with van der Waals surface area (Å²) in [6, 6.07) is 86.9. The predicted octanol–water partition coefficient (Wildman–Crippen LogP) is 18.4. The third kappa shape index (κ3) is 6.20. The SMILES string of the molecule is c1ccc(-c2ccccc2Nc2ccc3oc4ccc(-c5cc6c7ccccc7n(-c7ccccc7)c6cc5-c5ccc6oc7ccc(-n8c9ccccc9c9ccccc98)cc7c6c5)cc4c3c2)cc1. The van der Waals surface area contributed by atoms with Gasteiger partial charge < -0.3 is 23.3 Å². The summed E-state index contributed by atoms with van der Waals surface area (Å²) in [7, 11) is 0. The van der Waals surface area contributed by atoms with Crippen molar-refractivity contribution in [2.45, 2.75) is 0 Å². The van der Waals surface area contributed by atoms with Crippen molar-refractivity contribution in [1.82, 2.24) is 9.13 Å². The van der Waals surface area contributed by atoms with Crippen molar-refractivity contribution in [3.8, 4) is 44.8 Å². The highest BCUT2D eigenvalue weighted by atomic mass is 16.3. The van der Waals surface area contributed by atoms with E-state index < -0.39 is 0 Å². The van der Waals surface area contributed by atoms with Crippen molar-refractivity contribution in [1.29, 1.82) is 0 Å². The third-order valence-corrected chi connectivity index (χ3v) is 14.5. The second-order valence-corrected chi connectivity index (χ2v) is 18.5.